The van der Waals surface area contributed by atoms with Gasteiger partial charge in [-0.05, 0) is 63.2 Å². The lowest BCUT2D eigenvalue weighted by molar-refractivity contribution is 0.0544. The Balaban J connectivity index is 2.19. The number of hydrogen-bond acceptors (Lipinski definition) is 3. The first kappa shape index (κ1) is 14.0. The minimum atomic E-state index is 0.105. The molecule has 1 fully saturated rings. The van der Waals surface area contributed by atoms with Gasteiger partial charge < -0.3 is 5.73 Å². The van der Waals surface area contributed by atoms with E-state index in [1.807, 2.05) is 11.3 Å². The molecule has 18 heavy (non-hydrogen) atoms. The van der Waals surface area contributed by atoms with Crippen LogP contribution in [0.5, 0.6) is 0 Å². The van der Waals surface area contributed by atoms with Gasteiger partial charge in [0.1, 0.15) is 0 Å². The van der Waals surface area contributed by atoms with Crippen molar-refractivity contribution in [1.82, 2.24) is 4.90 Å². The number of piperidine rings is 1. The molecule has 0 aromatic carbocycles. The van der Waals surface area contributed by atoms with Crippen molar-refractivity contribution in [3.63, 3.8) is 0 Å². The van der Waals surface area contributed by atoms with E-state index >= 15 is 0 Å². The third kappa shape index (κ3) is 2.63. The van der Waals surface area contributed by atoms with E-state index in [0.29, 0.717) is 0 Å². The molecule has 0 radical (unpaired) electrons. The molecule has 2 nitrogen and oxygen atoms in total. The van der Waals surface area contributed by atoms with E-state index in [4.69, 9.17) is 5.73 Å². The predicted molar refractivity (Wildman–Crippen MR) is 80.1 cm³/mol. The topological polar surface area (TPSA) is 29.3 Å². The third-order valence-electron chi connectivity index (χ3n) is 4.57. The molecule has 0 saturated carbocycles. The fourth-order valence-electron chi connectivity index (χ4n) is 3.03. The van der Waals surface area contributed by atoms with Crippen molar-refractivity contribution in [3.05, 3.63) is 21.9 Å². The zero-order valence-electron chi connectivity index (χ0n) is 11.9. The quantitative estimate of drug-likeness (QED) is 0.900. The molecule has 0 spiro atoms. The van der Waals surface area contributed by atoms with Crippen LogP contribution in [0.15, 0.2) is 11.4 Å². The molecule has 2 atom stereocenters. The van der Waals surface area contributed by atoms with Gasteiger partial charge in [-0.3, -0.25) is 4.90 Å². The monoisotopic (exact) mass is 266 g/mol. The minimum Gasteiger partial charge on any atom is -0.322 e. The number of likely N-dealkylation sites (tertiary alicyclic amines) is 1. The van der Waals surface area contributed by atoms with E-state index in [2.05, 4.69) is 37.1 Å². The summed E-state index contributed by atoms with van der Waals surface area (Å²) < 4.78 is 0. The SMILES string of the molecule is CCC(C)(C(N)c1csc(C)c1)N1CCCCC1. The summed E-state index contributed by atoms with van der Waals surface area (Å²) in [6.07, 6.45) is 5.14. The Morgan fingerprint density at radius 3 is 2.56 bits per heavy atom. The summed E-state index contributed by atoms with van der Waals surface area (Å²) in [4.78, 5) is 3.98. The number of hydrogen-bond donors (Lipinski definition) is 1. The average molecular weight is 266 g/mol. The predicted octanol–water partition coefficient (Wildman–Crippen LogP) is 3.71. The molecular weight excluding hydrogens is 240 g/mol. The van der Waals surface area contributed by atoms with Crippen LogP contribution in [-0.2, 0) is 0 Å². The van der Waals surface area contributed by atoms with Crippen molar-refractivity contribution in [3.8, 4) is 0 Å². The van der Waals surface area contributed by atoms with Crippen LogP contribution < -0.4 is 5.73 Å². The van der Waals surface area contributed by atoms with Crippen LogP contribution in [0.2, 0.25) is 0 Å². The van der Waals surface area contributed by atoms with Gasteiger partial charge in [-0.2, -0.15) is 0 Å². The van der Waals surface area contributed by atoms with Crippen LogP contribution in [0.25, 0.3) is 0 Å². The lowest BCUT2D eigenvalue weighted by atomic mass is 9.83. The Bertz CT molecular complexity index is 382. The van der Waals surface area contributed by atoms with Gasteiger partial charge in [0, 0.05) is 16.5 Å². The van der Waals surface area contributed by atoms with Gasteiger partial charge in [-0.25, -0.2) is 0 Å². The Kier molecular flexibility index (Phi) is 4.46. The van der Waals surface area contributed by atoms with Gasteiger partial charge in [0.2, 0.25) is 0 Å². The zero-order valence-corrected chi connectivity index (χ0v) is 12.7. The molecule has 2 rings (SSSR count). The zero-order chi connectivity index (χ0) is 13.2. The van der Waals surface area contributed by atoms with Crippen molar-refractivity contribution in [2.45, 2.75) is 58.0 Å². The lowest BCUT2D eigenvalue weighted by Crippen LogP contribution is -2.54. The lowest BCUT2D eigenvalue weighted by Gasteiger charge is -2.46. The van der Waals surface area contributed by atoms with Crippen LogP contribution in [0.1, 0.15) is 56.0 Å². The minimum absolute atomic E-state index is 0.105. The van der Waals surface area contributed by atoms with Crippen molar-refractivity contribution < 1.29 is 0 Å². The highest BCUT2D eigenvalue weighted by atomic mass is 32.1. The van der Waals surface area contributed by atoms with E-state index in [1.165, 1.54) is 42.8 Å². The fourth-order valence-corrected chi connectivity index (χ4v) is 3.77. The smallest absolute Gasteiger partial charge is 0.0487 e. The first-order chi connectivity index (χ1) is 8.58. The molecule has 2 unspecified atom stereocenters. The summed E-state index contributed by atoms with van der Waals surface area (Å²) in [6, 6.07) is 2.39. The van der Waals surface area contributed by atoms with E-state index in [1.54, 1.807) is 0 Å². The van der Waals surface area contributed by atoms with Crippen LogP contribution in [0, 0.1) is 6.92 Å². The second kappa shape index (κ2) is 5.72. The summed E-state index contributed by atoms with van der Waals surface area (Å²) in [5.74, 6) is 0. The number of aryl methyl sites for hydroxylation is 1. The van der Waals surface area contributed by atoms with Gasteiger partial charge in [-0.1, -0.05) is 13.3 Å². The van der Waals surface area contributed by atoms with Gasteiger partial charge in [-0.15, -0.1) is 11.3 Å². The maximum absolute atomic E-state index is 6.59. The maximum Gasteiger partial charge on any atom is 0.0487 e. The second-order valence-corrected chi connectivity index (χ2v) is 6.84. The molecule has 1 saturated heterocycles. The van der Waals surface area contributed by atoms with E-state index in [9.17, 15) is 0 Å². The molecule has 0 aliphatic carbocycles. The largest absolute Gasteiger partial charge is 0.322 e. The summed E-state index contributed by atoms with van der Waals surface area (Å²) in [7, 11) is 0. The molecule has 2 heterocycles. The van der Waals surface area contributed by atoms with Gasteiger partial charge >= 0.3 is 0 Å². The average Bonchev–Trinajstić information content (AvgIpc) is 2.84. The molecule has 1 aliphatic rings. The number of nitrogens with two attached hydrogens (primary N) is 1. The van der Waals surface area contributed by atoms with Crippen molar-refractivity contribution >= 4 is 11.3 Å². The summed E-state index contributed by atoms with van der Waals surface area (Å²) in [5.41, 5.74) is 8.01. The summed E-state index contributed by atoms with van der Waals surface area (Å²) in [6.45, 7) is 9.19. The molecule has 1 aromatic heterocycles. The van der Waals surface area contributed by atoms with E-state index in [-0.39, 0.29) is 11.6 Å². The van der Waals surface area contributed by atoms with Crippen LogP contribution in [0.4, 0.5) is 0 Å². The molecular formula is C15H26N2S. The van der Waals surface area contributed by atoms with E-state index < -0.39 is 0 Å². The van der Waals surface area contributed by atoms with Gasteiger partial charge in [0.15, 0.2) is 0 Å². The first-order valence-corrected chi connectivity index (χ1v) is 8.01. The van der Waals surface area contributed by atoms with Crippen LogP contribution in [0.3, 0.4) is 0 Å². The molecule has 102 valence electrons. The molecule has 3 heteroatoms. The molecule has 0 bridgehead atoms. The molecule has 2 N–H and O–H groups in total. The second-order valence-electron chi connectivity index (χ2n) is 5.73. The Hall–Kier alpha value is -0.380. The fraction of sp³-hybridized carbons (Fsp3) is 0.733. The van der Waals surface area contributed by atoms with Gasteiger partial charge in [0.05, 0.1) is 0 Å². The molecule has 1 aliphatic heterocycles. The van der Waals surface area contributed by atoms with Crippen molar-refractivity contribution in [2.75, 3.05) is 13.1 Å². The Morgan fingerprint density at radius 1 is 1.39 bits per heavy atom. The molecule has 0 amide bonds. The number of nitrogens with zero attached hydrogens (tertiary/aromatic N) is 1. The normalized spacial score (nSPS) is 22.7. The Morgan fingerprint density at radius 2 is 2.06 bits per heavy atom. The van der Waals surface area contributed by atoms with Crippen LogP contribution in [-0.4, -0.2) is 23.5 Å². The highest BCUT2D eigenvalue weighted by molar-refractivity contribution is 7.10. The maximum atomic E-state index is 6.59. The standard InChI is InChI=1S/C15H26N2S/c1-4-15(3,17-8-6-5-7-9-17)14(16)13-10-12(2)18-11-13/h10-11,14H,4-9,16H2,1-3H3. The summed E-state index contributed by atoms with van der Waals surface area (Å²) in [5, 5.41) is 2.23. The van der Waals surface area contributed by atoms with Gasteiger partial charge in [0.25, 0.3) is 0 Å². The first-order valence-electron chi connectivity index (χ1n) is 7.13. The van der Waals surface area contributed by atoms with E-state index in [0.717, 1.165) is 6.42 Å². The third-order valence-corrected chi connectivity index (χ3v) is 5.45. The number of rotatable bonds is 4. The molecule has 1 aromatic rings. The van der Waals surface area contributed by atoms with Crippen LogP contribution >= 0.6 is 11.3 Å². The Labute approximate surface area is 115 Å². The highest BCUT2D eigenvalue weighted by Gasteiger charge is 2.37. The highest BCUT2D eigenvalue weighted by Crippen LogP contribution is 2.35. The number of thiophene rings is 1. The van der Waals surface area contributed by atoms with Crippen molar-refractivity contribution in [1.29, 1.82) is 0 Å². The van der Waals surface area contributed by atoms with Crippen molar-refractivity contribution in [2.24, 2.45) is 5.73 Å². The summed E-state index contributed by atoms with van der Waals surface area (Å²) >= 11 is 1.81.